The molecule has 2 aliphatic rings. The van der Waals surface area contributed by atoms with Crippen molar-refractivity contribution in [3.8, 4) is 0 Å². The zero-order chi connectivity index (χ0) is 10.2. The molecule has 3 atom stereocenters. The summed E-state index contributed by atoms with van der Waals surface area (Å²) in [6.45, 7) is 4.62. The number of thiol groups is 1. The molecule has 0 fully saturated rings. The first-order valence-corrected chi connectivity index (χ1v) is 6.24. The van der Waals surface area contributed by atoms with Crippen molar-refractivity contribution < 1.29 is 0 Å². The maximum Gasteiger partial charge on any atom is 0.0408 e. The third kappa shape index (κ3) is 1.46. The normalized spacial score (nSPS) is 41.8. The third-order valence-electron chi connectivity index (χ3n) is 3.89. The van der Waals surface area contributed by atoms with Gasteiger partial charge in [0.15, 0.2) is 0 Å². The summed E-state index contributed by atoms with van der Waals surface area (Å²) in [5, 5.41) is 0. The maximum atomic E-state index is 4.99. The van der Waals surface area contributed by atoms with Crippen molar-refractivity contribution in [1.82, 2.24) is 0 Å². The van der Waals surface area contributed by atoms with E-state index in [-0.39, 0.29) is 4.75 Å². The minimum atomic E-state index is 0.182. The van der Waals surface area contributed by atoms with Crippen molar-refractivity contribution in [2.75, 3.05) is 0 Å². The van der Waals surface area contributed by atoms with E-state index in [2.05, 4.69) is 32.1 Å². The molecule has 0 heterocycles. The Morgan fingerprint density at radius 1 is 1.57 bits per heavy atom. The molecule has 0 nitrogen and oxygen atoms in total. The van der Waals surface area contributed by atoms with Gasteiger partial charge in [-0.15, -0.1) is 0 Å². The molecular weight excluding hydrogens is 188 g/mol. The fourth-order valence-electron chi connectivity index (χ4n) is 3.10. The Balaban J connectivity index is 2.39. The molecule has 0 aliphatic heterocycles. The highest BCUT2D eigenvalue weighted by Crippen LogP contribution is 2.48. The SMILES string of the molecule is CCC1C(C)C=CC2=CCCCC21S. The summed E-state index contributed by atoms with van der Waals surface area (Å²) in [5.41, 5.74) is 1.48. The van der Waals surface area contributed by atoms with E-state index in [4.69, 9.17) is 12.6 Å². The molecule has 1 heteroatoms. The van der Waals surface area contributed by atoms with Gasteiger partial charge in [0.05, 0.1) is 0 Å². The lowest BCUT2D eigenvalue weighted by atomic mass is 9.68. The van der Waals surface area contributed by atoms with Gasteiger partial charge >= 0.3 is 0 Å². The average Bonchev–Trinajstić information content (AvgIpc) is 2.17. The Kier molecular flexibility index (Phi) is 2.79. The standard InChI is InChI=1S/C13H20S/c1-3-12-10(2)7-8-11-6-4-5-9-13(11,12)14/h6-8,10,12,14H,3-5,9H2,1-2H3. The number of hydrogen-bond donors (Lipinski definition) is 1. The Bertz CT molecular complexity index is 277. The van der Waals surface area contributed by atoms with E-state index in [1.165, 1.54) is 31.3 Å². The number of hydrogen-bond acceptors (Lipinski definition) is 1. The van der Waals surface area contributed by atoms with Crippen molar-refractivity contribution in [2.45, 2.75) is 44.3 Å². The van der Waals surface area contributed by atoms with E-state index in [1.807, 2.05) is 0 Å². The van der Waals surface area contributed by atoms with Crippen LogP contribution in [0.3, 0.4) is 0 Å². The summed E-state index contributed by atoms with van der Waals surface area (Å²) in [5.74, 6) is 1.41. The maximum absolute atomic E-state index is 4.99. The van der Waals surface area contributed by atoms with E-state index in [1.54, 1.807) is 0 Å². The lowest BCUT2D eigenvalue weighted by Gasteiger charge is -2.45. The van der Waals surface area contributed by atoms with Gasteiger partial charge in [0.2, 0.25) is 0 Å². The summed E-state index contributed by atoms with van der Waals surface area (Å²) in [6, 6.07) is 0. The van der Waals surface area contributed by atoms with Crippen LogP contribution in [0.1, 0.15) is 39.5 Å². The van der Waals surface area contributed by atoms with Crippen molar-refractivity contribution in [3.05, 3.63) is 23.8 Å². The van der Waals surface area contributed by atoms with Gasteiger partial charge in [0.1, 0.15) is 0 Å². The molecule has 2 aliphatic carbocycles. The summed E-state index contributed by atoms with van der Waals surface area (Å²) in [7, 11) is 0. The van der Waals surface area contributed by atoms with E-state index in [9.17, 15) is 0 Å². The largest absolute Gasteiger partial charge is 0.167 e. The Morgan fingerprint density at radius 3 is 3.07 bits per heavy atom. The molecule has 3 unspecified atom stereocenters. The minimum absolute atomic E-state index is 0.182. The quantitative estimate of drug-likeness (QED) is 0.619. The highest BCUT2D eigenvalue weighted by molar-refractivity contribution is 7.82. The topological polar surface area (TPSA) is 0 Å². The van der Waals surface area contributed by atoms with Crippen LogP contribution in [0.2, 0.25) is 0 Å². The Morgan fingerprint density at radius 2 is 2.36 bits per heavy atom. The van der Waals surface area contributed by atoms with Gasteiger partial charge in [-0.25, -0.2) is 0 Å². The van der Waals surface area contributed by atoms with Gasteiger partial charge < -0.3 is 0 Å². The highest BCUT2D eigenvalue weighted by atomic mass is 32.1. The molecule has 0 saturated carbocycles. The van der Waals surface area contributed by atoms with Gasteiger partial charge in [-0.2, -0.15) is 12.6 Å². The molecule has 78 valence electrons. The molecule has 0 saturated heterocycles. The van der Waals surface area contributed by atoms with Crippen LogP contribution < -0.4 is 0 Å². The second-order valence-corrected chi connectivity index (χ2v) is 5.51. The van der Waals surface area contributed by atoms with Gasteiger partial charge in [0, 0.05) is 4.75 Å². The molecule has 0 bridgehead atoms. The van der Waals surface area contributed by atoms with Crippen molar-refractivity contribution in [2.24, 2.45) is 11.8 Å². The lowest BCUT2D eigenvalue weighted by Crippen LogP contribution is -2.40. The van der Waals surface area contributed by atoms with Crippen LogP contribution in [-0.4, -0.2) is 4.75 Å². The van der Waals surface area contributed by atoms with Crippen LogP contribution >= 0.6 is 12.6 Å². The predicted molar refractivity (Wildman–Crippen MR) is 65.7 cm³/mol. The first-order valence-electron chi connectivity index (χ1n) is 5.79. The fourth-order valence-corrected chi connectivity index (χ4v) is 3.84. The molecule has 2 rings (SSSR count). The van der Waals surface area contributed by atoms with Gasteiger partial charge in [-0.3, -0.25) is 0 Å². The van der Waals surface area contributed by atoms with Crippen molar-refractivity contribution in [1.29, 1.82) is 0 Å². The van der Waals surface area contributed by atoms with E-state index < -0.39 is 0 Å². The summed E-state index contributed by atoms with van der Waals surface area (Å²) in [6.07, 6.45) is 12.1. The van der Waals surface area contributed by atoms with Crippen LogP contribution in [0, 0.1) is 11.8 Å². The van der Waals surface area contributed by atoms with E-state index in [0.29, 0.717) is 5.92 Å². The van der Waals surface area contributed by atoms with Crippen LogP contribution in [-0.2, 0) is 0 Å². The molecular formula is C13H20S. The first-order chi connectivity index (χ1) is 6.68. The Hall–Kier alpha value is -0.170. The second kappa shape index (κ2) is 3.77. The summed E-state index contributed by atoms with van der Waals surface area (Å²) < 4.78 is 0.182. The second-order valence-electron chi connectivity index (χ2n) is 4.71. The lowest BCUT2D eigenvalue weighted by molar-refractivity contribution is 0.301. The molecule has 0 radical (unpaired) electrons. The molecule has 14 heavy (non-hydrogen) atoms. The van der Waals surface area contributed by atoms with Crippen molar-refractivity contribution >= 4 is 12.6 Å². The van der Waals surface area contributed by atoms with Gasteiger partial charge in [0.25, 0.3) is 0 Å². The number of allylic oxidation sites excluding steroid dienone is 3. The highest BCUT2D eigenvalue weighted by Gasteiger charge is 2.41. The monoisotopic (exact) mass is 208 g/mol. The molecule has 0 aromatic carbocycles. The molecule has 0 amide bonds. The number of rotatable bonds is 1. The Labute approximate surface area is 92.9 Å². The smallest absolute Gasteiger partial charge is 0.0408 e. The van der Waals surface area contributed by atoms with Gasteiger partial charge in [-0.1, -0.05) is 38.5 Å². The van der Waals surface area contributed by atoms with Gasteiger partial charge in [-0.05, 0) is 36.7 Å². The molecule has 0 N–H and O–H groups in total. The zero-order valence-corrected chi connectivity index (χ0v) is 10.1. The van der Waals surface area contributed by atoms with Crippen LogP contribution in [0.4, 0.5) is 0 Å². The predicted octanol–water partition coefficient (Wildman–Crippen LogP) is 4.00. The molecule has 0 aromatic heterocycles. The van der Waals surface area contributed by atoms with Crippen molar-refractivity contribution in [3.63, 3.8) is 0 Å². The summed E-state index contributed by atoms with van der Waals surface area (Å²) >= 11 is 4.99. The summed E-state index contributed by atoms with van der Waals surface area (Å²) in [4.78, 5) is 0. The fraction of sp³-hybridized carbons (Fsp3) is 0.692. The van der Waals surface area contributed by atoms with Crippen LogP contribution in [0.25, 0.3) is 0 Å². The van der Waals surface area contributed by atoms with E-state index >= 15 is 0 Å². The third-order valence-corrected chi connectivity index (χ3v) is 4.71. The minimum Gasteiger partial charge on any atom is -0.167 e. The van der Waals surface area contributed by atoms with Crippen LogP contribution in [0.15, 0.2) is 23.8 Å². The number of fused-ring (bicyclic) bond motifs is 1. The average molecular weight is 208 g/mol. The van der Waals surface area contributed by atoms with Crippen LogP contribution in [0.5, 0.6) is 0 Å². The first kappa shape index (κ1) is 10.4. The molecule has 0 spiro atoms. The van der Waals surface area contributed by atoms with E-state index in [0.717, 1.165) is 5.92 Å². The molecule has 0 aromatic rings. The zero-order valence-electron chi connectivity index (χ0n) is 9.16.